The molecule has 0 aliphatic heterocycles. The van der Waals surface area contributed by atoms with E-state index < -0.39 is 0 Å². The molecule has 0 saturated heterocycles. The standard InChI is InChI=1S/C15H21N5/c1-9(2)13-7-12(8-16-15(13)17-10(3)4)14-11(5)18-19-20(14)6/h7-9H,1-6H3. The van der Waals surface area contributed by atoms with Crippen LogP contribution in [0.25, 0.3) is 11.3 Å². The Bertz CT molecular complexity index is 629. The van der Waals surface area contributed by atoms with Gasteiger partial charge in [-0.2, -0.15) is 0 Å². The van der Waals surface area contributed by atoms with Crippen molar-refractivity contribution in [3.63, 3.8) is 0 Å². The number of aliphatic imine (C=N–C) groups is 1. The van der Waals surface area contributed by atoms with Crippen molar-refractivity contribution in [2.75, 3.05) is 0 Å². The first-order chi connectivity index (χ1) is 9.40. The van der Waals surface area contributed by atoms with Crippen LogP contribution in [0.1, 0.15) is 44.9 Å². The highest BCUT2D eigenvalue weighted by atomic mass is 15.4. The van der Waals surface area contributed by atoms with Crippen LogP contribution in [0.4, 0.5) is 5.82 Å². The molecule has 5 nitrogen and oxygen atoms in total. The number of nitrogens with zero attached hydrogens (tertiary/aromatic N) is 5. The summed E-state index contributed by atoms with van der Waals surface area (Å²) in [5.41, 5.74) is 5.09. The highest BCUT2D eigenvalue weighted by Crippen LogP contribution is 2.30. The van der Waals surface area contributed by atoms with Gasteiger partial charge in [0.05, 0.1) is 11.4 Å². The van der Waals surface area contributed by atoms with E-state index in [0.717, 1.165) is 34.0 Å². The Morgan fingerprint density at radius 3 is 2.50 bits per heavy atom. The van der Waals surface area contributed by atoms with Gasteiger partial charge in [0.25, 0.3) is 0 Å². The summed E-state index contributed by atoms with van der Waals surface area (Å²) in [5, 5.41) is 8.14. The minimum Gasteiger partial charge on any atom is -0.247 e. The summed E-state index contributed by atoms with van der Waals surface area (Å²) < 4.78 is 1.78. The van der Waals surface area contributed by atoms with Crippen LogP contribution in [0.2, 0.25) is 0 Å². The number of hydrogen-bond donors (Lipinski definition) is 0. The highest BCUT2D eigenvalue weighted by Gasteiger charge is 2.14. The Hall–Kier alpha value is -2.04. The van der Waals surface area contributed by atoms with E-state index in [0.29, 0.717) is 5.92 Å². The molecule has 0 unspecified atom stereocenters. The van der Waals surface area contributed by atoms with Gasteiger partial charge in [0.1, 0.15) is 0 Å². The molecule has 0 amide bonds. The molecule has 0 atom stereocenters. The first-order valence-corrected chi connectivity index (χ1v) is 6.78. The molecule has 2 rings (SSSR count). The van der Waals surface area contributed by atoms with Crippen LogP contribution >= 0.6 is 0 Å². The fourth-order valence-electron chi connectivity index (χ4n) is 2.19. The smallest absolute Gasteiger partial charge is 0.155 e. The third-order valence-electron chi connectivity index (χ3n) is 3.12. The van der Waals surface area contributed by atoms with E-state index in [9.17, 15) is 0 Å². The second kappa shape index (κ2) is 5.53. The second-order valence-electron chi connectivity index (χ2n) is 5.50. The van der Waals surface area contributed by atoms with E-state index >= 15 is 0 Å². The Labute approximate surface area is 119 Å². The maximum Gasteiger partial charge on any atom is 0.155 e. The molecule has 0 saturated carbocycles. The maximum atomic E-state index is 4.52. The van der Waals surface area contributed by atoms with E-state index in [4.69, 9.17) is 0 Å². The number of rotatable bonds is 3. The number of hydrogen-bond acceptors (Lipinski definition) is 4. The molecule has 0 aromatic carbocycles. The Morgan fingerprint density at radius 2 is 2.00 bits per heavy atom. The van der Waals surface area contributed by atoms with E-state index in [1.165, 1.54) is 0 Å². The lowest BCUT2D eigenvalue weighted by molar-refractivity contribution is 0.719. The third-order valence-corrected chi connectivity index (χ3v) is 3.12. The van der Waals surface area contributed by atoms with Crippen molar-refractivity contribution in [2.24, 2.45) is 12.0 Å². The summed E-state index contributed by atoms with van der Waals surface area (Å²) in [6.45, 7) is 10.2. The fourth-order valence-corrected chi connectivity index (χ4v) is 2.19. The molecule has 0 spiro atoms. The summed E-state index contributed by atoms with van der Waals surface area (Å²) >= 11 is 0. The van der Waals surface area contributed by atoms with Crippen LogP contribution < -0.4 is 0 Å². The SMILES string of the molecule is CC(C)=Nc1ncc(-c2c(C)nnn2C)cc1C(C)C. The molecule has 0 radical (unpaired) electrons. The predicted octanol–water partition coefficient (Wildman–Crippen LogP) is 3.42. The van der Waals surface area contributed by atoms with Gasteiger partial charge in [-0.15, -0.1) is 5.10 Å². The van der Waals surface area contributed by atoms with Crippen molar-refractivity contribution >= 4 is 11.5 Å². The van der Waals surface area contributed by atoms with Crippen molar-refractivity contribution in [1.29, 1.82) is 0 Å². The average Bonchev–Trinajstić information content (AvgIpc) is 2.69. The zero-order chi connectivity index (χ0) is 14.9. The molecule has 2 aromatic rings. The summed E-state index contributed by atoms with van der Waals surface area (Å²) in [5.74, 6) is 1.17. The van der Waals surface area contributed by atoms with Gasteiger partial charge in [-0.05, 0) is 38.3 Å². The molecule has 0 aliphatic rings. The summed E-state index contributed by atoms with van der Waals surface area (Å²) in [6, 6.07) is 2.14. The van der Waals surface area contributed by atoms with Gasteiger partial charge in [-0.25, -0.2) is 14.7 Å². The van der Waals surface area contributed by atoms with Gasteiger partial charge < -0.3 is 0 Å². The fraction of sp³-hybridized carbons (Fsp3) is 0.467. The van der Waals surface area contributed by atoms with E-state index in [1.807, 2.05) is 34.0 Å². The minimum absolute atomic E-state index is 0.363. The lowest BCUT2D eigenvalue weighted by Crippen LogP contribution is -1.98. The molecule has 20 heavy (non-hydrogen) atoms. The van der Waals surface area contributed by atoms with Crippen molar-refractivity contribution in [3.8, 4) is 11.3 Å². The lowest BCUT2D eigenvalue weighted by atomic mass is 10.0. The summed E-state index contributed by atoms with van der Waals surface area (Å²) in [7, 11) is 1.90. The molecule has 5 heteroatoms. The topological polar surface area (TPSA) is 56.0 Å². The minimum atomic E-state index is 0.363. The molecule has 0 bridgehead atoms. The van der Waals surface area contributed by atoms with Crippen molar-refractivity contribution < 1.29 is 0 Å². The monoisotopic (exact) mass is 271 g/mol. The van der Waals surface area contributed by atoms with Gasteiger partial charge in [-0.1, -0.05) is 19.1 Å². The number of pyridine rings is 1. The van der Waals surface area contributed by atoms with Gasteiger partial charge in [0.15, 0.2) is 5.82 Å². The van der Waals surface area contributed by atoms with Gasteiger partial charge in [0, 0.05) is 24.5 Å². The van der Waals surface area contributed by atoms with Crippen LogP contribution in [-0.4, -0.2) is 25.7 Å². The first-order valence-electron chi connectivity index (χ1n) is 6.78. The first kappa shape index (κ1) is 14.4. The molecule has 0 fully saturated rings. The van der Waals surface area contributed by atoms with Gasteiger partial charge >= 0.3 is 0 Å². The van der Waals surface area contributed by atoms with Gasteiger partial charge in [0.2, 0.25) is 0 Å². The van der Waals surface area contributed by atoms with Crippen molar-refractivity contribution in [3.05, 3.63) is 23.5 Å². The van der Waals surface area contributed by atoms with Crippen LogP contribution in [0.3, 0.4) is 0 Å². The average molecular weight is 271 g/mol. The Morgan fingerprint density at radius 1 is 1.30 bits per heavy atom. The van der Waals surface area contributed by atoms with Gasteiger partial charge in [-0.3, -0.25) is 0 Å². The van der Waals surface area contributed by atoms with Crippen LogP contribution in [-0.2, 0) is 7.05 Å². The normalized spacial score (nSPS) is 10.9. The predicted molar refractivity (Wildman–Crippen MR) is 81.5 cm³/mol. The Balaban J connectivity index is 2.59. The number of aromatic nitrogens is 4. The molecule has 2 aromatic heterocycles. The van der Waals surface area contributed by atoms with Crippen molar-refractivity contribution in [1.82, 2.24) is 20.0 Å². The molecular weight excluding hydrogens is 250 g/mol. The molecule has 106 valence electrons. The van der Waals surface area contributed by atoms with Crippen LogP contribution in [0.5, 0.6) is 0 Å². The van der Waals surface area contributed by atoms with Crippen molar-refractivity contribution in [2.45, 2.75) is 40.5 Å². The zero-order valence-electron chi connectivity index (χ0n) is 13.0. The van der Waals surface area contributed by atoms with Crippen LogP contribution in [0.15, 0.2) is 17.3 Å². The largest absolute Gasteiger partial charge is 0.247 e. The van der Waals surface area contributed by atoms with E-state index in [1.54, 1.807) is 4.68 Å². The Kier molecular flexibility index (Phi) is 3.97. The highest BCUT2D eigenvalue weighted by molar-refractivity contribution is 5.82. The van der Waals surface area contributed by atoms with E-state index in [-0.39, 0.29) is 0 Å². The third kappa shape index (κ3) is 2.76. The second-order valence-corrected chi connectivity index (χ2v) is 5.50. The molecule has 2 heterocycles. The van der Waals surface area contributed by atoms with E-state index in [2.05, 4.69) is 40.2 Å². The quantitative estimate of drug-likeness (QED) is 0.804. The maximum absolute atomic E-state index is 4.52. The molecular formula is C15H21N5. The lowest BCUT2D eigenvalue weighted by Gasteiger charge is -2.11. The van der Waals surface area contributed by atoms with Crippen LogP contribution in [0, 0.1) is 6.92 Å². The number of aryl methyl sites for hydroxylation is 2. The molecule has 0 aliphatic carbocycles. The summed E-state index contributed by atoms with van der Waals surface area (Å²) in [6.07, 6.45) is 1.85. The summed E-state index contributed by atoms with van der Waals surface area (Å²) in [4.78, 5) is 9.04. The molecule has 0 N–H and O–H groups in total. The zero-order valence-corrected chi connectivity index (χ0v) is 13.0.